The molecule has 1 aromatic heterocycles. The number of benzene rings is 1. The van der Waals surface area contributed by atoms with Gasteiger partial charge in [0.2, 0.25) is 0 Å². The van der Waals surface area contributed by atoms with Gasteiger partial charge < -0.3 is 9.47 Å². The summed E-state index contributed by atoms with van der Waals surface area (Å²) in [5, 5.41) is 0.266. The summed E-state index contributed by atoms with van der Waals surface area (Å²) < 4.78 is 23.0. The van der Waals surface area contributed by atoms with Crippen LogP contribution < -0.4 is 0 Å². The number of halogens is 2. The second-order valence-corrected chi connectivity index (χ2v) is 4.26. The van der Waals surface area contributed by atoms with Crippen LogP contribution in [-0.4, -0.2) is 31.1 Å². The standard InChI is InChI=1S/C13H9ClFNO4/c1-19-12(17)8-5-10(13(18)20-2)16-11-7(8)3-6(14)4-9(11)15/h3-5H,1-2H3. The highest BCUT2D eigenvalue weighted by Gasteiger charge is 2.19. The van der Waals surface area contributed by atoms with Gasteiger partial charge in [-0.1, -0.05) is 11.6 Å². The van der Waals surface area contributed by atoms with Crippen LogP contribution in [0.15, 0.2) is 18.2 Å². The van der Waals surface area contributed by atoms with Crippen molar-refractivity contribution in [3.05, 3.63) is 40.3 Å². The zero-order valence-electron chi connectivity index (χ0n) is 10.6. The highest BCUT2D eigenvalue weighted by Crippen LogP contribution is 2.26. The van der Waals surface area contributed by atoms with Crippen LogP contribution in [0.1, 0.15) is 20.8 Å². The zero-order chi connectivity index (χ0) is 14.9. The lowest BCUT2D eigenvalue weighted by atomic mass is 10.1. The van der Waals surface area contributed by atoms with Gasteiger partial charge in [-0.15, -0.1) is 0 Å². The summed E-state index contributed by atoms with van der Waals surface area (Å²) in [6, 6.07) is 3.59. The van der Waals surface area contributed by atoms with Gasteiger partial charge in [-0.2, -0.15) is 0 Å². The number of aromatic nitrogens is 1. The number of esters is 2. The van der Waals surface area contributed by atoms with Crippen LogP contribution in [0.3, 0.4) is 0 Å². The Kier molecular flexibility index (Phi) is 3.85. The fourth-order valence-corrected chi connectivity index (χ4v) is 1.95. The molecule has 2 aromatic rings. The summed E-state index contributed by atoms with van der Waals surface area (Å²) in [5.41, 5.74) is -0.362. The minimum Gasteiger partial charge on any atom is -0.465 e. The highest BCUT2D eigenvalue weighted by molar-refractivity contribution is 6.31. The molecule has 1 heterocycles. The van der Waals surface area contributed by atoms with Crippen LogP contribution in [0.25, 0.3) is 10.9 Å². The third-order valence-corrected chi connectivity index (χ3v) is 2.85. The maximum atomic E-state index is 13.9. The number of hydrogen-bond acceptors (Lipinski definition) is 5. The SMILES string of the molecule is COC(=O)c1cc(C(=O)OC)c2cc(Cl)cc(F)c2n1. The van der Waals surface area contributed by atoms with Crippen molar-refractivity contribution in [2.24, 2.45) is 0 Å². The van der Waals surface area contributed by atoms with Crippen LogP contribution in [-0.2, 0) is 9.47 Å². The van der Waals surface area contributed by atoms with Gasteiger partial charge in [0.05, 0.1) is 19.8 Å². The van der Waals surface area contributed by atoms with E-state index in [9.17, 15) is 14.0 Å². The average molecular weight is 298 g/mol. The molecule has 0 radical (unpaired) electrons. The van der Waals surface area contributed by atoms with E-state index in [1.54, 1.807) is 0 Å². The van der Waals surface area contributed by atoms with Gasteiger partial charge in [0.15, 0.2) is 5.82 Å². The van der Waals surface area contributed by atoms with Crippen molar-refractivity contribution < 1.29 is 23.5 Å². The Morgan fingerprint density at radius 1 is 1.15 bits per heavy atom. The Hall–Kier alpha value is -2.21. The lowest BCUT2D eigenvalue weighted by Gasteiger charge is -2.08. The molecule has 0 bridgehead atoms. The van der Waals surface area contributed by atoms with Crippen molar-refractivity contribution in [2.75, 3.05) is 14.2 Å². The van der Waals surface area contributed by atoms with Gasteiger partial charge in [0.25, 0.3) is 0 Å². The van der Waals surface area contributed by atoms with Crippen molar-refractivity contribution in [3.8, 4) is 0 Å². The molecule has 0 spiro atoms. The molecule has 2 rings (SSSR count). The summed E-state index contributed by atoms with van der Waals surface area (Å²) in [7, 11) is 2.33. The summed E-state index contributed by atoms with van der Waals surface area (Å²) in [4.78, 5) is 27.1. The number of methoxy groups -OCH3 is 2. The Morgan fingerprint density at radius 3 is 2.40 bits per heavy atom. The van der Waals surface area contributed by atoms with E-state index in [0.717, 1.165) is 13.2 Å². The predicted molar refractivity (Wildman–Crippen MR) is 69.4 cm³/mol. The zero-order valence-corrected chi connectivity index (χ0v) is 11.3. The van der Waals surface area contributed by atoms with Gasteiger partial charge in [-0.3, -0.25) is 0 Å². The summed E-state index contributed by atoms with van der Waals surface area (Å²) in [6.07, 6.45) is 0. The molecule has 20 heavy (non-hydrogen) atoms. The largest absolute Gasteiger partial charge is 0.465 e. The number of carbonyl (C=O) groups excluding carboxylic acids is 2. The van der Waals surface area contributed by atoms with E-state index in [0.29, 0.717) is 0 Å². The number of rotatable bonds is 2. The van der Waals surface area contributed by atoms with Crippen molar-refractivity contribution in [1.29, 1.82) is 0 Å². The van der Waals surface area contributed by atoms with Crippen molar-refractivity contribution in [3.63, 3.8) is 0 Å². The molecule has 1 aromatic carbocycles. The van der Waals surface area contributed by atoms with Gasteiger partial charge >= 0.3 is 11.9 Å². The molecule has 0 fully saturated rings. The van der Waals surface area contributed by atoms with E-state index in [-0.39, 0.29) is 27.2 Å². The fourth-order valence-electron chi connectivity index (χ4n) is 1.74. The van der Waals surface area contributed by atoms with Crippen molar-refractivity contribution >= 4 is 34.4 Å². The average Bonchev–Trinajstić information content (AvgIpc) is 2.44. The predicted octanol–water partition coefficient (Wildman–Crippen LogP) is 2.60. The van der Waals surface area contributed by atoms with E-state index in [2.05, 4.69) is 14.5 Å². The first-order chi connectivity index (χ1) is 9.47. The molecular weight excluding hydrogens is 289 g/mol. The molecule has 0 aliphatic carbocycles. The molecular formula is C13H9ClFNO4. The molecule has 0 N–H and O–H groups in total. The van der Waals surface area contributed by atoms with E-state index in [1.165, 1.54) is 19.2 Å². The van der Waals surface area contributed by atoms with Gasteiger partial charge in [0, 0.05) is 10.4 Å². The molecule has 0 atom stereocenters. The van der Waals surface area contributed by atoms with E-state index in [1.807, 2.05) is 0 Å². The topological polar surface area (TPSA) is 65.5 Å². The van der Waals surface area contributed by atoms with Crippen LogP contribution >= 0.6 is 11.6 Å². The van der Waals surface area contributed by atoms with Crippen molar-refractivity contribution in [2.45, 2.75) is 0 Å². The molecule has 0 saturated heterocycles. The van der Waals surface area contributed by atoms with Crippen molar-refractivity contribution in [1.82, 2.24) is 4.98 Å². The number of hydrogen-bond donors (Lipinski definition) is 0. The summed E-state index contributed by atoms with van der Waals surface area (Å²) in [6.45, 7) is 0. The lowest BCUT2D eigenvalue weighted by molar-refractivity contribution is 0.0594. The first-order valence-electron chi connectivity index (χ1n) is 5.44. The van der Waals surface area contributed by atoms with Crippen LogP contribution in [0.2, 0.25) is 5.02 Å². The first kappa shape index (κ1) is 14.2. The quantitative estimate of drug-likeness (QED) is 0.797. The first-order valence-corrected chi connectivity index (χ1v) is 5.82. The van der Waals surface area contributed by atoms with E-state index < -0.39 is 17.8 Å². The Bertz CT molecular complexity index is 717. The van der Waals surface area contributed by atoms with E-state index in [4.69, 9.17) is 11.6 Å². The van der Waals surface area contributed by atoms with Crippen LogP contribution in [0, 0.1) is 5.82 Å². The number of nitrogens with zero attached hydrogens (tertiary/aromatic N) is 1. The van der Waals surface area contributed by atoms with E-state index >= 15 is 0 Å². The number of fused-ring (bicyclic) bond motifs is 1. The number of ether oxygens (including phenoxy) is 2. The normalized spacial score (nSPS) is 10.4. The number of pyridine rings is 1. The lowest BCUT2D eigenvalue weighted by Crippen LogP contribution is -2.10. The fraction of sp³-hybridized carbons (Fsp3) is 0.154. The molecule has 0 unspecified atom stereocenters. The third-order valence-electron chi connectivity index (χ3n) is 2.63. The third kappa shape index (κ3) is 2.42. The second-order valence-electron chi connectivity index (χ2n) is 3.82. The van der Waals surface area contributed by atoms with Crippen LogP contribution in [0.4, 0.5) is 4.39 Å². The molecule has 0 saturated carbocycles. The molecule has 0 amide bonds. The smallest absolute Gasteiger partial charge is 0.356 e. The Morgan fingerprint density at radius 2 is 1.80 bits per heavy atom. The molecule has 0 aliphatic rings. The minimum absolute atomic E-state index is 0.0145. The highest BCUT2D eigenvalue weighted by atomic mass is 35.5. The molecule has 7 heteroatoms. The van der Waals surface area contributed by atoms with Crippen LogP contribution in [0.5, 0.6) is 0 Å². The van der Waals surface area contributed by atoms with Gasteiger partial charge in [-0.25, -0.2) is 19.0 Å². The Labute approximate surface area is 118 Å². The number of carbonyl (C=O) groups is 2. The summed E-state index contributed by atoms with van der Waals surface area (Å²) in [5.74, 6) is -2.26. The maximum absolute atomic E-state index is 13.9. The van der Waals surface area contributed by atoms with Gasteiger partial charge in [-0.05, 0) is 18.2 Å². The molecule has 5 nitrogen and oxygen atoms in total. The summed E-state index contributed by atoms with van der Waals surface area (Å²) >= 11 is 5.76. The molecule has 0 aliphatic heterocycles. The Balaban J connectivity index is 2.85. The second kappa shape index (κ2) is 5.42. The molecule has 104 valence electrons. The minimum atomic E-state index is -0.786. The monoisotopic (exact) mass is 297 g/mol. The maximum Gasteiger partial charge on any atom is 0.356 e. The van der Waals surface area contributed by atoms with Gasteiger partial charge in [0.1, 0.15) is 11.2 Å².